The van der Waals surface area contributed by atoms with Gasteiger partial charge in [0.2, 0.25) is 5.91 Å². The van der Waals surface area contributed by atoms with E-state index in [2.05, 4.69) is 33.0 Å². The molecule has 2 unspecified atom stereocenters. The van der Waals surface area contributed by atoms with Gasteiger partial charge in [-0.05, 0) is 17.8 Å². The van der Waals surface area contributed by atoms with Crippen molar-refractivity contribution < 1.29 is 9.53 Å². The lowest BCUT2D eigenvalue weighted by Crippen LogP contribution is -2.43. The second-order valence-corrected chi connectivity index (χ2v) is 6.03. The molecule has 1 amide bonds. The highest BCUT2D eigenvalue weighted by molar-refractivity contribution is 5.76. The highest BCUT2D eigenvalue weighted by Gasteiger charge is 2.18. The summed E-state index contributed by atoms with van der Waals surface area (Å²) < 4.78 is 4.99. The molecule has 0 spiro atoms. The third-order valence-electron chi connectivity index (χ3n) is 2.51. The van der Waals surface area contributed by atoms with Crippen LogP contribution in [0.3, 0.4) is 0 Å². The van der Waals surface area contributed by atoms with Gasteiger partial charge in [-0.25, -0.2) is 0 Å². The molecule has 4 heteroatoms. The Morgan fingerprint density at radius 3 is 2.41 bits per heavy atom. The smallest absolute Gasteiger partial charge is 0.220 e. The van der Waals surface area contributed by atoms with E-state index < -0.39 is 0 Å². The van der Waals surface area contributed by atoms with Gasteiger partial charge in [0.1, 0.15) is 0 Å². The summed E-state index contributed by atoms with van der Waals surface area (Å²) in [5, 5.41) is 2.90. The molecule has 0 heterocycles. The van der Waals surface area contributed by atoms with Crippen LogP contribution in [0.25, 0.3) is 0 Å². The Kier molecular flexibility index (Phi) is 7.39. The van der Waals surface area contributed by atoms with E-state index in [4.69, 9.17) is 10.5 Å². The first-order valence-corrected chi connectivity index (χ1v) is 6.27. The van der Waals surface area contributed by atoms with Crippen molar-refractivity contribution in [2.24, 2.45) is 17.1 Å². The molecule has 0 saturated carbocycles. The number of hydrogen-bond acceptors (Lipinski definition) is 3. The molecule has 0 bridgehead atoms. The Morgan fingerprint density at radius 1 is 1.41 bits per heavy atom. The van der Waals surface area contributed by atoms with Crippen LogP contribution in [0, 0.1) is 11.3 Å². The van der Waals surface area contributed by atoms with E-state index in [1.807, 2.05) is 0 Å². The zero-order valence-corrected chi connectivity index (χ0v) is 11.9. The molecule has 0 aromatic heterocycles. The predicted octanol–water partition coefficient (Wildman–Crippen LogP) is 1.54. The molecule has 17 heavy (non-hydrogen) atoms. The van der Waals surface area contributed by atoms with Gasteiger partial charge in [-0.15, -0.1) is 0 Å². The highest BCUT2D eigenvalue weighted by atomic mass is 16.5. The molecule has 0 radical (unpaired) electrons. The minimum absolute atomic E-state index is 0.0641. The Bertz CT molecular complexity index is 224. The van der Waals surface area contributed by atoms with E-state index in [0.29, 0.717) is 25.5 Å². The second-order valence-electron chi connectivity index (χ2n) is 6.03. The van der Waals surface area contributed by atoms with Gasteiger partial charge in [-0.3, -0.25) is 4.79 Å². The zero-order valence-electron chi connectivity index (χ0n) is 11.9. The summed E-state index contributed by atoms with van der Waals surface area (Å²) >= 11 is 0. The van der Waals surface area contributed by atoms with Crippen molar-refractivity contribution in [3.63, 3.8) is 0 Å². The molecule has 0 aliphatic rings. The number of amides is 1. The molecule has 0 fully saturated rings. The molecule has 0 aromatic rings. The Balaban J connectivity index is 3.99. The lowest BCUT2D eigenvalue weighted by atomic mass is 9.84. The zero-order chi connectivity index (χ0) is 13.5. The minimum Gasteiger partial charge on any atom is -0.383 e. The number of nitrogens with two attached hydrogens (primary N) is 1. The fourth-order valence-corrected chi connectivity index (χ4v) is 2.09. The third kappa shape index (κ3) is 9.12. The normalized spacial score (nSPS) is 15.4. The van der Waals surface area contributed by atoms with Crippen molar-refractivity contribution in [1.29, 1.82) is 0 Å². The first-order valence-electron chi connectivity index (χ1n) is 6.27. The van der Waals surface area contributed by atoms with E-state index in [1.54, 1.807) is 7.11 Å². The number of methoxy groups -OCH3 is 1. The highest BCUT2D eigenvalue weighted by Crippen LogP contribution is 2.25. The van der Waals surface area contributed by atoms with Crippen LogP contribution in [0.5, 0.6) is 0 Å². The molecule has 0 saturated heterocycles. The number of carbonyl (C=O) groups is 1. The summed E-state index contributed by atoms with van der Waals surface area (Å²) in [5.41, 5.74) is 5.81. The summed E-state index contributed by atoms with van der Waals surface area (Å²) in [6, 6.07) is -0.0747. The summed E-state index contributed by atoms with van der Waals surface area (Å²) in [5.74, 6) is 0.449. The van der Waals surface area contributed by atoms with Crippen LogP contribution in [0.4, 0.5) is 0 Å². The minimum atomic E-state index is -0.0747. The van der Waals surface area contributed by atoms with Gasteiger partial charge in [0.15, 0.2) is 0 Å². The van der Waals surface area contributed by atoms with Crippen molar-refractivity contribution in [3.05, 3.63) is 0 Å². The number of nitrogens with one attached hydrogen (secondary N) is 1. The van der Waals surface area contributed by atoms with Gasteiger partial charge >= 0.3 is 0 Å². The Morgan fingerprint density at radius 2 is 2.00 bits per heavy atom. The van der Waals surface area contributed by atoms with Crippen molar-refractivity contribution in [2.45, 2.75) is 46.6 Å². The van der Waals surface area contributed by atoms with Crippen LogP contribution in [0.2, 0.25) is 0 Å². The van der Waals surface area contributed by atoms with Crippen molar-refractivity contribution in [3.8, 4) is 0 Å². The maximum atomic E-state index is 11.8. The average molecular weight is 244 g/mol. The van der Waals surface area contributed by atoms with E-state index in [0.717, 1.165) is 6.42 Å². The third-order valence-corrected chi connectivity index (χ3v) is 2.51. The first-order chi connectivity index (χ1) is 7.78. The summed E-state index contributed by atoms with van der Waals surface area (Å²) in [4.78, 5) is 11.8. The van der Waals surface area contributed by atoms with Gasteiger partial charge < -0.3 is 15.8 Å². The lowest BCUT2D eigenvalue weighted by Gasteiger charge is -2.23. The number of carbonyl (C=O) groups excluding carboxylic acids is 1. The quantitative estimate of drug-likeness (QED) is 0.714. The largest absolute Gasteiger partial charge is 0.383 e. The van der Waals surface area contributed by atoms with Gasteiger partial charge in [0.05, 0.1) is 12.6 Å². The second kappa shape index (κ2) is 7.67. The topological polar surface area (TPSA) is 64.3 Å². The fraction of sp³-hybridized carbons (Fsp3) is 0.923. The molecule has 0 aliphatic carbocycles. The van der Waals surface area contributed by atoms with Crippen molar-refractivity contribution >= 4 is 5.91 Å². The number of ether oxygens (including phenoxy) is 1. The van der Waals surface area contributed by atoms with Gasteiger partial charge in [-0.1, -0.05) is 27.7 Å². The van der Waals surface area contributed by atoms with Gasteiger partial charge in [-0.2, -0.15) is 0 Å². The number of hydrogen-bond donors (Lipinski definition) is 2. The van der Waals surface area contributed by atoms with Gasteiger partial charge in [0, 0.05) is 20.1 Å². The van der Waals surface area contributed by atoms with E-state index in [1.165, 1.54) is 0 Å². The molecule has 2 atom stereocenters. The van der Waals surface area contributed by atoms with Crippen molar-refractivity contribution in [1.82, 2.24) is 5.32 Å². The Hall–Kier alpha value is -0.610. The van der Waals surface area contributed by atoms with Crippen LogP contribution in [-0.4, -0.2) is 32.2 Å². The maximum Gasteiger partial charge on any atom is 0.220 e. The summed E-state index contributed by atoms with van der Waals surface area (Å²) in [7, 11) is 1.61. The molecule has 3 N–H and O–H groups in total. The molecule has 0 aliphatic heterocycles. The van der Waals surface area contributed by atoms with E-state index in [9.17, 15) is 4.79 Å². The van der Waals surface area contributed by atoms with Crippen LogP contribution >= 0.6 is 0 Å². The predicted molar refractivity (Wildman–Crippen MR) is 70.7 cm³/mol. The van der Waals surface area contributed by atoms with Gasteiger partial charge in [0.25, 0.3) is 0 Å². The van der Waals surface area contributed by atoms with E-state index in [-0.39, 0.29) is 17.4 Å². The van der Waals surface area contributed by atoms with Crippen LogP contribution in [0.15, 0.2) is 0 Å². The standard InChI is InChI=1S/C13H28N2O2/c1-10(7-13(2,3)4)6-12(16)15-11(8-14)9-17-5/h10-11H,6-9,14H2,1-5H3,(H,15,16). The molecule has 102 valence electrons. The molecule has 4 nitrogen and oxygen atoms in total. The molecule has 0 rings (SSSR count). The monoisotopic (exact) mass is 244 g/mol. The van der Waals surface area contributed by atoms with Crippen LogP contribution in [0.1, 0.15) is 40.5 Å². The molecular formula is C13H28N2O2. The first kappa shape index (κ1) is 16.4. The summed E-state index contributed by atoms with van der Waals surface area (Å²) in [6.07, 6.45) is 1.59. The van der Waals surface area contributed by atoms with Crippen LogP contribution in [-0.2, 0) is 9.53 Å². The average Bonchev–Trinajstić information content (AvgIpc) is 2.13. The molecular weight excluding hydrogens is 216 g/mol. The fourth-order valence-electron chi connectivity index (χ4n) is 2.09. The Labute approximate surface area is 105 Å². The maximum absolute atomic E-state index is 11.8. The lowest BCUT2D eigenvalue weighted by molar-refractivity contribution is -0.123. The molecule has 0 aromatic carbocycles. The SMILES string of the molecule is COCC(CN)NC(=O)CC(C)CC(C)(C)C. The van der Waals surface area contributed by atoms with E-state index >= 15 is 0 Å². The van der Waals surface area contributed by atoms with Crippen LogP contribution < -0.4 is 11.1 Å². The van der Waals surface area contributed by atoms with Crippen molar-refractivity contribution in [2.75, 3.05) is 20.3 Å². The summed E-state index contributed by atoms with van der Waals surface area (Å²) in [6.45, 7) is 9.56. The number of rotatable bonds is 7.